The van der Waals surface area contributed by atoms with Gasteiger partial charge in [0.25, 0.3) is 0 Å². The number of carbonyl (C=O) groups is 2. The van der Waals surface area contributed by atoms with Gasteiger partial charge in [0.2, 0.25) is 0 Å². The molecule has 0 amide bonds. The van der Waals surface area contributed by atoms with Crippen LogP contribution in [0.5, 0.6) is 17.2 Å². The van der Waals surface area contributed by atoms with Gasteiger partial charge in [0.05, 0.1) is 21.5 Å². The first kappa shape index (κ1) is 31.8. The molecule has 51 heavy (non-hydrogen) atoms. The molecule has 8 heteroatoms. The highest BCUT2D eigenvalue weighted by molar-refractivity contribution is 7.75. The molecule has 1 unspecified atom stereocenters. The Kier molecular flexibility index (Phi) is 7.78. The molecular formula is C43H30NO6P. The van der Waals surface area contributed by atoms with Crippen molar-refractivity contribution in [2.24, 2.45) is 0 Å². The minimum Gasteiger partial charge on any atom is -0.436 e. The van der Waals surface area contributed by atoms with Crippen LogP contribution in [-0.2, 0) is 14.2 Å². The number of nitrogens with zero attached hydrogens (tertiary/aromatic N) is 1. The van der Waals surface area contributed by atoms with Crippen molar-refractivity contribution in [1.29, 1.82) is 0 Å². The van der Waals surface area contributed by atoms with Crippen LogP contribution < -0.4 is 24.6 Å². The van der Waals surface area contributed by atoms with Crippen molar-refractivity contribution in [2.75, 3.05) is 0 Å². The van der Waals surface area contributed by atoms with Gasteiger partial charge < -0.3 is 18.6 Å². The Morgan fingerprint density at radius 1 is 0.706 bits per heavy atom. The van der Waals surface area contributed by atoms with E-state index in [1.807, 2.05) is 109 Å². The van der Waals surface area contributed by atoms with E-state index in [0.29, 0.717) is 32.9 Å². The van der Waals surface area contributed by atoms with Crippen LogP contribution in [0.15, 0.2) is 153 Å². The van der Waals surface area contributed by atoms with Crippen LogP contribution in [0.1, 0.15) is 5.56 Å². The monoisotopic (exact) mass is 687 g/mol. The van der Waals surface area contributed by atoms with Crippen molar-refractivity contribution >= 4 is 51.7 Å². The molecule has 1 aliphatic heterocycles. The number of hydrogen-bond acceptors (Lipinski definition) is 6. The molecule has 0 N–H and O–H groups in total. The molecule has 7 aromatic rings. The number of aromatic nitrogens is 1. The zero-order chi connectivity index (χ0) is 35.3. The quantitative estimate of drug-likeness (QED) is 0.0719. The van der Waals surface area contributed by atoms with E-state index in [1.54, 1.807) is 24.3 Å². The van der Waals surface area contributed by atoms with E-state index in [-0.39, 0.29) is 16.8 Å². The van der Waals surface area contributed by atoms with Crippen molar-refractivity contribution in [1.82, 2.24) is 4.57 Å². The molecule has 0 fully saturated rings. The first-order valence-electron chi connectivity index (χ1n) is 16.3. The van der Waals surface area contributed by atoms with Gasteiger partial charge in [-0.2, -0.15) is 0 Å². The lowest BCUT2D eigenvalue weighted by atomic mass is 10.0. The summed E-state index contributed by atoms with van der Waals surface area (Å²) in [6.45, 7) is 9.29. The highest BCUT2D eigenvalue weighted by Gasteiger charge is 2.42. The van der Waals surface area contributed by atoms with Crippen LogP contribution >= 0.6 is 7.37 Å². The summed E-state index contributed by atoms with van der Waals surface area (Å²) in [6, 6.07) is 39.8. The largest absolute Gasteiger partial charge is 0.436 e. The molecule has 0 saturated heterocycles. The summed E-state index contributed by atoms with van der Waals surface area (Å²) in [7, 11) is -4.13. The Hall–Kier alpha value is -6.43. The summed E-state index contributed by atoms with van der Waals surface area (Å²) >= 11 is 0. The Balaban J connectivity index is 1.56. The number of esters is 2. The lowest BCUT2D eigenvalue weighted by Gasteiger charge is -2.30. The Bertz CT molecular complexity index is 2620. The van der Waals surface area contributed by atoms with E-state index >= 15 is 4.57 Å². The molecule has 7 nitrogen and oxygen atoms in total. The van der Waals surface area contributed by atoms with Crippen LogP contribution in [0.4, 0.5) is 0 Å². The zero-order valence-corrected chi connectivity index (χ0v) is 28.4. The number of carbonyl (C=O) groups excluding carboxylic acids is 2. The second kappa shape index (κ2) is 12.5. The lowest BCUT2D eigenvalue weighted by Crippen LogP contribution is -2.27. The van der Waals surface area contributed by atoms with E-state index < -0.39 is 19.3 Å². The molecule has 8 rings (SSSR count). The maximum absolute atomic E-state index is 15.8. The average molecular weight is 688 g/mol. The summed E-state index contributed by atoms with van der Waals surface area (Å²) in [5.41, 5.74) is 6.36. The van der Waals surface area contributed by atoms with E-state index in [0.717, 1.165) is 45.6 Å². The standard InChI is InChI=1S/C43H30NO6P/c1-4-39(45)48-36-26-38(51(47)37-18-12-10-16-32(37)31-15-9-11-17-35(31)50-51)43(49-40(46)5-2)41-33-25-29(28-21-19-27(3)20-22-28)23-24-34(33)44(42(36)41)30-13-7-6-8-14-30/h4-26H,1-2H2,3H3. The van der Waals surface area contributed by atoms with Gasteiger partial charge in [-0.25, -0.2) is 9.59 Å². The van der Waals surface area contributed by atoms with Gasteiger partial charge in [-0.15, -0.1) is 0 Å². The topological polar surface area (TPSA) is 83.8 Å². The third-order valence-corrected chi connectivity index (χ3v) is 11.5. The zero-order valence-electron chi connectivity index (χ0n) is 27.5. The molecule has 1 atom stereocenters. The van der Waals surface area contributed by atoms with E-state index in [4.69, 9.17) is 14.0 Å². The number of rotatable bonds is 7. The molecule has 1 aromatic heterocycles. The number of hydrogen-bond donors (Lipinski definition) is 0. The van der Waals surface area contributed by atoms with E-state index in [9.17, 15) is 9.59 Å². The molecule has 0 spiro atoms. The lowest BCUT2D eigenvalue weighted by molar-refractivity contribution is -0.129. The molecule has 2 heterocycles. The van der Waals surface area contributed by atoms with Crippen molar-refractivity contribution < 1.29 is 28.2 Å². The van der Waals surface area contributed by atoms with Crippen molar-refractivity contribution in [2.45, 2.75) is 6.92 Å². The molecule has 0 radical (unpaired) electrons. The molecular weight excluding hydrogens is 657 g/mol. The molecule has 0 bridgehead atoms. The maximum atomic E-state index is 15.8. The smallest absolute Gasteiger partial charge is 0.335 e. The van der Waals surface area contributed by atoms with Crippen molar-refractivity contribution in [3.63, 3.8) is 0 Å². The highest BCUT2D eigenvalue weighted by atomic mass is 31.2. The molecule has 1 aliphatic rings. The fourth-order valence-corrected chi connectivity index (χ4v) is 9.10. The Morgan fingerprint density at radius 3 is 2.10 bits per heavy atom. The first-order chi connectivity index (χ1) is 24.8. The molecule has 0 aliphatic carbocycles. The van der Waals surface area contributed by atoms with Crippen LogP contribution in [-0.4, -0.2) is 16.5 Å². The average Bonchev–Trinajstić information content (AvgIpc) is 3.51. The fraction of sp³-hybridized carbons (Fsp3) is 0.0233. The van der Waals surface area contributed by atoms with Crippen molar-refractivity contribution in [3.05, 3.63) is 158 Å². The Labute approximate surface area is 294 Å². The first-order valence-corrected chi connectivity index (χ1v) is 17.9. The number of benzene rings is 6. The van der Waals surface area contributed by atoms with Gasteiger partial charge in [0, 0.05) is 34.9 Å². The van der Waals surface area contributed by atoms with Gasteiger partial charge >= 0.3 is 19.3 Å². The van der Waals surface area contributed by atoms with Crippen LogP contribution in [0.2, 0.25) is 0 Å². The van der Waals surface area contributed by atoms with Gasteiger partial charge in [-0.1, -0.05) is 104 Å². The van der Waals surface area contributed by atoms with Gasteiger partial charge in [-0.3, -0.25) is 4.57 Å². The third kappa shape index (κ3) is 5.27. The molecule has 248 valence electrons. The van der Waals surface area contributed by atoms with Crippen molar-refractivity contribution in [3.8, 4) is 45.2 Å². The number of ether oxygens (including phenoxy) is 2. The second-order valence-corrected chi connectivity index (χ2v) is 14.4. The SMILES string of the molecule is C=CC(=O)Oc1c(P2(=O)Oc3ccccc3-c3ccccc32)cc(OC(=O)C=C)c2c1c1cc(-c3ccc(C)cc3)ccc1n2-c1ccccc1. The molecule has 0 saturated carbocycles. The summed E-state index contributed by atoms with van der Waals surface area (Å²) in [4.78, 5) is 26.3. The van der Waals surface area contributed by atoms with E-state index in [1.165, 1.54) is 6.07 Å². The van der Waals surface area contributed by atoms with E-state index in [2.05, 4.69) is 13.2 Å². The summed E-state index contributed by atoms with van der Waals surface area (Å²) in [5, 5.41) is 1.52. The normalized spacial score (nSPS) is 14.6. The van der Waals surface area contributed by atoms with Crippen LogP contribution in [0, 0.1) is 6.92 Å². The minimum atomic E-state index is -4.13. The highest BCUT2D eigenvalue weighted by Crippen LogP contribution is 2.57. The second-order valence-electron chi connectivity index (χ2n) is 12.1. The summed E-state index contributed by atoms with van der Waals surface area (Å²) in [5.74, 6) is -1.00. The molecule has 6 aromatic carbocycles. The summed E-state index contributed by atoms with van der Waals surface area (Å²) < 4.78 is 36.4. The predicted octanol–water partition coefficient (Wildman–Crippen LogP) is 9.23. The number of para-hydroxylation sites is 2. The maximum Gasteiger partial charge on any atom is 0.335 e. The third-order valence-electron chi connectivity index (χ3n) is 9.02. The van der Waals surface area contributed by atoms with Gasteiger partial charge in [0.1, 0.15) is 11.3 Å². The Morgan fingerprint density at radius 2 is 1.35 bits per heavy atom. The van der Waals surface area contributed by atoms with Crippen LogP contribution in [0.25, 0.3) is 49.7 Å². The summed E-state index contributed by atoms with van der Waals surface area (Å²) in [6.07, 6.45) is 2.11. The number of fused-ring (bicyclic) bond motifs is 6. The minimum absolute atomic E-state index is 0.00607. The van der Waals surface area contributed by atoms with Crippen LogP contribution in [0.3, 0.4) is 0 Å². The fourth-order valence-electron chi connectivity index (χ4n) is 6.70. The number of aryl methyl sites for hydroxylation is 1. The predicted molar refractivity (Wildman–Crippen MR) is 202 cm³/mol. The van der Waals surface area contributed by atoms with Gasteiger partial charge in [0.15, 0.2) is 11.5 Å². The van der Waals surface area contributed by atoms with Gasteiger partial charge in [-0.05, 0) is 60.0 Å².